The molecule has 0 radical (unpaired) electrons. The molecular formula is C23H21N5O3. The third-order valence-electron chi connectivity index (χ3n) is 5.40. The van der Waals surface area contributed by atoms with Crippen LogP contribution in [0.2, 0.25) is 0 Å². The molecule has 0 saturated carbocycles. The molecule has 8 heteroatoms. The van der Waals surface area contributed by atoms with E-state index < -0.39 is 16.9 Å². The SMILES string of the molecule is Cc1nn(C(C)C(=O)N/N=C/c2c3ccccc3cc3ccccc23)c(C)c1[N+](=O)[O-]. The zero-order valence-electron chi connectivity index (χ0n) is 17.4. The fourth-order valence-corrected chi connectivity index (χ4v) is 3.85. The molecule has 0 fully saturated rings. The van der Waals surface area contributed by atoms with Gasteiger partial charge in [0.15, 0.2) is 0 Å². The number of nitrogens with zero attached hydrogens (tertiary/aromatic N) is 4. The molecular weight excluding hydrogens is 394 g/mol. The van der Waals surface area contributed by atoms with Gasteiger partial charge in [0.1, 0.15) is 17.4 Å². The number of aromatic nitrogens is 2. The van der Waals surface area contributed by atoms with E-state index in [1.54, 1.807) is 27.0 Å². The lowest BCUT2D eigenvalue weighted by Gasteiger charge is -2.12. The summed E-state index contributed by atoms with van der Waals surface area (Å²) >= 11 is 0. The fourth-order valence-electron chi connectivity index (χ4n) is 3.85. The van der Waals surface area contributed by atoms with Crippen LogP contribution in [0.3, 0.4) is 0 Å². The minimum absolute atomic E-state index is 0.0784. The van der Waals surface area contributed by atoms with E-state index in [4.69, 9.17) is 0 Å². The Bertz CT molecular complexity index is 1300. The molecule has 0 aliphatic rings. The Hall–Kier alpha value is -4.07. The van der Waals surface area contributed by atoms with Crippen LogP contribution in [0.25, 0.3) is 21.5 Å². The lowest BCUT2D eigenvalue weighted by molar-refractivity contribution is -0.386. The van der Waals surface area contributed by atoms with Crippen LogP contribution in [-0.2, 0) is 4.79 Å². The van der Waals surface area contributed by atoms with E-state index in [0.29, 0.717) is 5.69 Å². The molecule has 1 unspecified atom stereocenters. The van der Waals surface area contributed by atoms with Crippen molar-refractivity contribution in [2.24, 2.45) is 5.10 Å². The standard InChI is InChI=1S/C23H21N5O3/c1-14-22(28(30)31)15(2)27(26-14)16(3)23(29)25-24-13-21-19-10-6-4-8-17(19)12-18-9-5-7-11-20(18)21/h4-13,16H,1-3H3,(H,25,29)/b24-13+. The summed E-state index contributed by atoms with van der Waals surface area (Å²) in [5.74, 6) is -0.415. The van der Waals surface area contributed by atoms with Gasteiger partial charge in [0.25, 0.3) is 5.91 Å². The summed E-state index contributed by atoms with van der Waals surface area (Å²) < 4.78 is 1.35. The average Bonchev–Trinajstić information content (AvgIpc) is 3.06. The van der Waals surface area contributed by atoms with E-state index in [-0.39, 0.29) is 11.4 Å². The summed E-state index contributed by atoms with van der Waals surface area (Å²) in [5.41, 5.74) is 3.97. The van der Waals surface area contributed by atoms with Gasteiger partial charge < -0.3 is 0 Å². The number of fused-ring (bicyclic) bond motifs is 2. The van der Waals surface area contributed by atoms with Crippen LogP contribution in [0.15, 0.2) is 59.7 Å². The van der Waals surface area contributed by atoms with Crippen molar-refractivity contribution in [3.8, 4) is 0 Å². The maximum Gasteiger partial charge on any atom is 0.312 e. The smallest absolute Gasteiger partial charge is 0.271 e. The summed E-state index contributed by atoms with van der Waals surface area (Å²) in [4.78, 5) is 23.4. The number of carbonyl (C=O) groups excluding carboxylic acids is 1. The van der Waals surface area contributed by atoms with Gasteiger partial charge in [-0.25, -0.2) is 5.43 Å². The Balaban J connectivity index is 1.63. The van der Waals surface area contributed by atoms with Crippen molar-refractivity contribution in [1.82, 2.24) is 15.2 Å². The minimum atomic E-state index is -0.756. The van der Waals surface area contributed by atoms with Gasteiger partial charge in [0.2, 0.25) is 0 Å². The highest BCUT2D eigenvalue weighted by molar-refractivity contribution is 6.13. The molecule has 0 bridgehead atoms. The van der Waals surface area contributed by atoms with Gasteiger partial charge in [-0.3, -0.25) is 19.6 Å². The summed E-state index contributed by atoms with van der Waals surface area (Å²) in [5, 5.41) is 23.8. The Labute approximate surface area is 178 Å². The first kappa shape index (κ1) is 20.2. The van der Waals surface area contributed by atoms with Crippen molar-refractivity contribution in [1.29, 1.82) is 0 Å². The first-order valence-electron chi connectivity index (χ1n) is 9.82. The number of benzene rings is 3. The maximum atomic E-state index is 12.6. The van der Waals surface area contributed by atoms with Crippen LogP contribution in [0.4, 0.5) is 5.69 Å². The molecule has 0 aliphatic carbocycles. The van der Waals surface area contributed by atoms with Crippen molar-refractivity contribution in [2.75, 3.05) is 0 Å². The molecule has 8 nitrogen and oxygen atoms in total. The zero-order valence-corrected chi connectivity index (χ0v) is 17.4. The summed E-state index contributed by atoms with van der Waals surface area (Å²) in [6.07, 6.45) is 1.64. The number of nitrogens with one attached hydrogen (secondary N) is 1. The van der Waals surface area contributed by atoms with Gasteiger partial charge in [0, 0.05) is 5.56 Å². The molecule has 1 N–H and O–H groups in total. The number of nitro groups is 1. The van der Waals surface area contributed by atoms with E-state index in [0.717, 1.165) is 27.1 Å². The third-order valence-corrected chi connectivity index (χ3v) is 5.40. The number of amides is 1. The van der Waals surface area contributed by atoms with Crippen LogP contribution >= 0.6 is 0 Å². The number of hydrogen-bond donors (Lipinski definition) is 1. The zero-order chi connectivity index (χ0) is 22.1. The van der Waals surface area contributed by atoms with Gasteiger partial charge in [-0.05, 0) is 48.4 Å². The molecule has 1 aromatic heterocycles. The number of hydrogen-bond acceptors (Lipinski definition) is 5. The highest BCUT2D eigenvalue weighted by Crippen LogP contribution is 2.27. The Morgan fingerprint density at radius 2 is 1.71 bits per heavy atom. The molecule has 4 aromatic rings. The van der Waals surface area contributed by atoms with Crippen LogP contribution in [-0.4, -0.2) is 26.8 Å². The number of carbonyl (C=O) groups is 1. The van der Waals surface area contributed by atoms with E-state index in [2.05, 4.69) is 21.7 Å². The quantitative estimate of drug-likeness (QED) is 0.225. The second-order valence-corrected chi connectivity index (χ2v) is 7.36. The van der Waals surface area contributed by atoms with Gasteiger partial charge in [-0.2, -0.15) is 10.2 Å². The normalized spacial score (nSPS) is 12.5. The molecule has 156 valence electrons. The molecule has 0 saturated heterocycles. The van der Waals surface area contributed by atoms with Gasteiger partial charge >= 0.3 is 5.69 Å². The summed E-state index contributed by atoms with van der Waals surface area (Å²) in [6.45, 7) is 4.75. The molecule has 3 aromatic carbocycles. The van der Waals surface area contributed by atoms with E-state index >= 15 is 0 Å². The van der Waals surface area contributed by atoms with Crippen molar-refractivity contribution < 1.29 is 9.72 Å². The maximum absolute atomic E-state index is 12.6. The highest BCUT2D eigenvalue weighted by Gasteiger charge is 2.26. The van der Waals surface area contributed by atoms with Gasteiger partial charge in [0.05, 0.1) is 11.1 Å². The summed E-state index contributed by atoms with van der Waals surface area (Å²) in [6, 6.07) is 17.4. The minimum Gasteiger partial charge on any atom is -0.271 e. The van der Waals surface area contributed by atoms with Crippen molar-refractivity contribution in [3.05, 3.63) is 81.7 Å². The lowest BCUT2D eigenvalue weighted by atomic mass is 9.97. The van der Waals surface area contributed by atoms with Crippen molar-refractivity contribution in [2.45, 2.75) is 26.8 Å². The van der Waals surface area contributed by atoms with E-state index in [1.807, 2.05) is 48.5 Å². The van der Waals surface area contributed by atoms with Crippen LogP contribution in [0, 0.1) is 24.0 Å². The van der Waals surface area contributed by atoms with E-state index in [1.165, 1.54) is 4.68 Å². The molecule has 4 rings (SSSR count). The number of aryl methyl sites for hydroxylation is 1. The van der Waals surface area contributed by atoms with Crippen LogP contribution < -0.4 is 5.43 Å². The lowest BCUT2D eigenvalue weighted by Crippen LogP contribution is -2.28. The topological polar surface area (TPSA) is 102 Å². The van der Waals surface area contributed by atoms with Gasteiger partial charge in [-0.15, -0.1) is 0 Å². The first-order valence-corrected chi connectivity index (χ1v) is 9.82. The van der Waals surface area contributed by atoms with Crippen molar-refractivity contribution in [3.63, 3.8) is 0 Å². The highest BCUT2D eigenvalue weighted by atomic mass is 16.6. The molecule has 0 aliphatic heterocycles. The Kier molecular flexibility index (Phi) is 5.21. The molecule has 0 spiro atoms. The summed E-state index contributed by atoms with van der Waals surface area (Å²) in [7, 11) is 0. The third kappa shape index (κ3) is 3.63. The number of rotatable bonds is 5. The Morgan fingerprint density at radius 3 is 2.26 bits per heavy atom. The number of hydrazone groups is 1. The predicted octanol–water partition coefficient (Wildman–Crippen LogP) is 4.43. The molecule has 1 amide bonds. The second kappa shape index (κ2) is 7.98. The largest absolute Gasteiger partial charge is 0.312 e. The molecule has 1 heterocycles. The second-order valence-electron chi connectivity index (χ2n) is 7.36. The average molecular weight is 415 g/mol. The van der Waals surface area contributed by atoms with Crippen LogP contribution in [0.1, 0.15) is 29.9 Å². The fraction of sp³-hybridized carbons (Fsp3) is 0.174. The van der Waals surface area contributed by atoms with Crippen LogP contribution in [0.5, 0.6) is 0 Å². The Morgan fingerprint density at radius 1 is 1.13 bits per heavy atom. The molecule has 31 heavy (non-hydrogen) atoms. The molecule has 1 atom stereocenters. The van der Waals surface area contributed by atoms with Crippen molar-refractivity contribution >= 4 is 39.4 Å². The van der Waals surface area contributed by atoms with Gasteiger partial charge in [-0.1, -0.05) is 48.5 Å². The first-order chi connectivity index (χ1) is 14.9. The van der Waals surface area contributed by atoms with E-state index in [9.17, 15) is 14.9 Å². The predicted molar refractivity (Wildman–Crippen MR) is 120 cm³/mol. The monoisotopic (exact) mass is 415 g/mol.